The van der Waals surface area contributed by atoms with Crippen molar-refractivity contribution in [3.8, 4) is 0 Å². The van der Waals surface area contributed by atoms with Gasteiger partial charge in [-0.2, -0.15) is 5.10 Å². The predicted molar refractivity (Wildman–Crippen MR) is 94.7 cm³/mol. The van der Waals surface area contributed by atoms with Gasteiger partial charge >= 0.3 is 0 Å². The lowest BCUT2D eigenvalue weighted by atomic mass is 10.1. The van der Waals surface area contributed by atoms with E-state index in [0.717, 1.165) is 4.68 Å². The third kappa shape index (κ3) is 3.80. The first-order chi connectivity index (χ1) is 12.8. The molecule has 0 aliphatic carbocycles. The Morgan fingerprint density at radius 2 is 1.56 bits per heavy atom. The Bertz CT molecular complexity index is 1010. The molecular weight excluding hydrogens is 484 g/mol. The number of aromatic nitrogens is 2. The highest BCUT2D eigenvalue weighted by atomic mass is 127. The van der Waals surface area contributed by atoms with Crippen molar-refractivity contribution in [2.24, 2.45) is 0 Å². The van der Waals surface area contributed by atoms with E-state index >= 15 is 0 Å². The van der Waals surface area contributed by atoms with Crippen LogP contribution < -0.4 is 5.32 Å². The average Bonchev–Trinajstić information content (AvgIpc) is 3.09. The van der Waals surface area contributed by atoms with Crippen LogP contribution in [0.15, 0.2) is 36.5 Å². The molecular formula is C17H9F5IN3O. The van der Waals surface area contributed by atoms with E-state index in [1.54, 1.807) is 24.3 Å². The van der Waals surface area contributed by atoms with Crippen LogP contribution in [0.4, 0.5) is 27.8 Å². The van der Waals surface area contributed by atoms with E-state index < -0.39 is 47.1 Å². The van der Waals surface area contributed by atoms with Gasteiger partial charge < -0.3 is 5.32 Å². The first-order valence-corrected chi connectivity index (χ1v) is 8.47. The van der Waals surface area contributed by atoms with Gasteiger partial charge in [0.15, 0.2) is 29.1 Å². The van der Waals surface area contributed by atoms with Crippen LogP contribution in [0.1, 0.15) is 15.9 Å². The van der Waals surface area contributed by atoms with Crippen molar-refractivity contribution in [2.45, 2.75) is 6.54 Å². The predicted octanol–water partition coefficient (Wildman–Crippen LogP) is 4.48. The van der Waals surface area contributed by atoms with Crippen LogP contribution in [0, 0.1) is 32.7 Å². The molecule has 3 rings (SSSR count). The molecule has 0 fully saturated rings. The lowest BCUT2D eigenvalue weighted by Gasteiger charge is -2.08. The Kier molecular flexibility index (Phi) is 5.44. The summed E-state index contributed by atoms with van der Waals surface area (Å²) in [5, 5.41) is 6.37. The van der Waals surface area contributed by atoms with E-state index in [-0.39, 0.29) is 5.82 Å². The molecule has 0 saturated carbocycles. The zero-order valence-electron chi connectivity index (χ0n) is 13.2. The van der Waals surface area contributed by atoms with E-state index in [9.17, 15) is 26.7 Å². The fourth-order valence-electron chi connectivity index (χ4n) is 2.30. The van der Waals surface area contributed by atoms with Gasteiger partial charge in [-0.3, -0.25) is 9.48 Å². The molecule has 1 heterocycles. The molecule has 0 saturated heterocycles. The number of nitrogens with one attached hydrogen (secondary N) is 1. The average molecular weight is 493 g/mol. The SMILES string of the molecule is O=C(Nc1ccn(Cc2c(F)c(F)c(F)c(F)c2F)n1)c1ccccc1I. The maximum atomic E-state index is 13.7. The lowest BCUT2D eigenvalue weighted by molar-refractivity contribution is 0.102. The van der Waals surface area contributed by atoms with E-state index in [2.05, 4.69) is 10.4 Å². The molecule has 0 bridgehead atoms. The molecule has 0 spiro atoms. The Hall–Kier alpha value is -2.50. The molecule has 0 unspecified atom stereocenters. The Morgan fingerprint density at radius 3 is 2.19 bits per heavy atom. The molecule has 1 aromatic heterocycles. The molecule has 10 heteroatoms. The molecule has 2 aromatic carbocycles. The quantitative estimate of drug-likeness (QED) is 0.252. The minimum Gasteiger partial charge on any atom is -0.305 e. The summed E-state index contributed by atoms with van der Waals surface area (Å²) in [4.78, 5) is 12.2. The monoisotopic (exact) mass is 493 g/mol. The van der Waals surface area contributed by atoms with Gasteiger partial charge in [-0.15, -0.1) is 0 Å². The van der Waals surface area contributed by atoms with Gasteiger partial charge in [0, 0.05) is 15.8 Å². The van der Waals surface area contributed by atoms with Gasteiger partial charge in [-0.05, 0) is 34.7 Å². The third-order valence-corrected chi connectivity index (χ3v) is 4.56. The summed E-state index contributed by atoms with van der Waals surface area (Å²) in [5.41, 5.74) is -0.627. The highest BCUT2D eigenvalue weighted by Crippen LogP contribution is 2.24. The summed E-state index contributed by atoms with van der Waals surface area (Å²) in [6.07, 6.45) is 1.24. The van der Waals surface area contributed by atoms with Crippen LogP contribution >= 0.6 is 22.6 Å². The van der Waals surface area contributed by atoms with Crippen molar-refractivity contribution < 1.29 is 26.7 Å². The fraction of sp³-hybridized carbons (Fsp3) is 0.0588. The standard InChI is InChI=1S/C17H9F5IN3O/c18-12-9(13(19)15(21)16(22)14(12)20)7-26-6-5-11(25-26)24-17(27)8-3-1-2-4-10(8)23/h1-6H,7H2,(H,24,25,27). The van der Waals surface area contributed by atoms with Gasteiger partial charge in [-0.1, -0.05) is 12.1 Å². The number of rotatable bonds is 4. The topological polar surface area (TPSA) is 46.9 Å². The van der Waals surface area contributed by atoms with Crippen molar-refractivity contribution in [3.63, 3.8) is 0 Å². The molecule has 27 heavy (non-hydrogen) atoms. The second kappa shape index (κ2) is 7.62. The maximum Gasteiger partial charge on any atom is 0.257 e. The summed E-state index contributed by atoms with van der Waals surface area (Å²) in [5.74, 6) is -10.5. The molecule has 0 aliphatic heterocycles. The highest BCUT2D eigenvalue weighted by Gasteiger charge is 2.26. The van der Waals surface area contributed by atoms with Gasteiger partial charge in [0.2, 0.25) is 5.82 Å². The summed E-state index contributed by atoms with van der Waals surface area (Å²) in [7, 11) is 0. The number of hydrogen-bond donors (Lipinski definition) is 1. The Balaban J connectivity index is 1.82. The van der Waals surface area contributed by atoms with Crippen molar-refractivity contribution in [2.75, 3.05) is 5.32 Å². The van der Waals surface area contributed by atoms with Gasteiger partial charge in [0.05, 0.1) is 17.7 Å². The normalized spacial score (nSPS) is 10.9. The van der Waals surface area contributed by atoms with Crippen LogP contribution in [0.3, 0.4) is 0 Å². The van der Waals surface area contributed by atoms with Crippen LogP contribution in [-0.4, -0.2) is 15.7 Å². The van der Waals surface area contributed by atoms with Crippen LogP contribution in [0.2, 0.25) is 0 Å². The van der Waals surface area contributed by atoms with E-state index in [4.69, 9.17) is 0 Å². The molecule has 1 N–H and O–H groups in total. The number of nitrogens with zero attached hydrogens (tertiary/aromatic N) is 2. The lowest BCUT2D eigenvalue weighted by Crippen LogP contribution is -2.15. The molecule has 0 radical (unpaired) electrons. The van der Waals surface area contributed by atoms with Crippen molar-refractivity contribution in [3.05, 3.63) is 80.3 Å². The number of benzene rings is 2. The highest BCUT2D eigenvalue weighted by molar-refractivity contribution is 14.1. The molecule has 140 valence electrons. The summed E-state index contributed by atoms with van der Waals surface area (Å²) >= 11 is 1.98. The second-order valence-electron chi connectivity index (χ2n) is 5.38. The van der Waals surface area contributed by atoms with Crippen LogP contribution in [-0.2, 0) is 6.54 Å². The van der Waals surface area contributed by atoms with Crippen molar-refractivity contribution in [1.29, 1.82) is 0 Å². The zero-order chi connectivity index (χ0) is 19.7. The van der Waals surface area contributed by atoms with E-state index in [0.29, 0.717) is 9.13 Å². The molecule has 1 amide bonds. The Morgan fingerprint density at radius 1 is 0.963 bits per heavy atom. The minimum absolute atomic E-state index is 0.0588. The number of carbonyl (C=O) groups excluding carboxylic acids is 1. The van der Waals surface area contributed by atoms with Crippen molar-refractivity contribution in [1.82, 2.24) is 9.78 Å². The number of hydrogen-bond acceptors (Lipinski definition) is 2. The molecule has 0 aliphatic rings. The van der Waals surface area contributed by atoms with E-state index in [1.165, 1.54) is 12.3 Å². The smallest absolute Gasteiger partial charge is 0.257 e. The van der Waals surface area contributed by atoms with Crippen LogP contribution in [0.25, 0.3) is 0 Å². The van der Waals surface area contributed by atoms with E-state index in [1.807, 2.05) is 22.6 Å². The van der Waals surface area contributed by atoms with Gasteiger partial charge in [0.25, 0.3) is 5.91 Å². The molecule has 4 nitrogen and oxygen atoms in total. The molecule has 0 atom stereocenters. The largest absolute Gasteiger partial charge is 0.305 e. The number of halogens is 6. The fourth-order valence-corrected chi connectivity index (χ4v) is 2.93. The summed E-state index contributed by atoms with van der Waals surface area (Å²) < 4.78 is 68.7. The summed E-state index contributed by atoms with van der Waals surface area (Å²) in [6.45, 7) is -0.704. The van der Waals surface area contributed by atoms with Crippen LogP contribution in [0.5, 0.6) is 0 Å². The number of anilines is 1. The zero-order valence-corrected chi connectivity index (χ0v) is 15.4. The van der Waals surface area contributed by atoms with Gasteiger partial charge in [0.1, 0.15) is 0 Å². The molecule has 3 aromatic rings. The maximum absolute atomic E-state index is 13.7. The van der Waals surface area contributed by atoms with Gasteiger partial charge in [-0.25, -0.2) is 22.0 Å². The first kappa shape index (κ1) is 19.3. The third-order valence-electron chi connectivity index (χ3n) is 3.62. The number of carbonyl (C=O) groups is 1. The first-order valence-electron chi connectivity index (χ1n) is 7.39. The minimum atomic E-state index is -2.22. The Labute approximate surface area is 163 Å². The summed E-state index contributed by atoms with van der Waals surface area (Å²) in [6, 6.07) is 8.11. The number of amides is 1. The second-order valence-corrected chi connectivity index (χ2v) is 6.54. The van der Waals surface area contributed by atoms with Crippen molar-refractivity contribution >= 4 is 34.3 Å².